The molecule has 0 spiro atoms. The van der Waals surface area contributed by atoms with E-state index in [-0.39, 0.29) is 0 Å². The molecule has 20 heavy (non-hydrogen) atoms. The highest BCUT2D eigenvalue weighted by Gasteiger charge is 2.10. The molecule has 3 rings (SSSR count). The van der Waals surface area contributed by atoms with Gasteiger partial charge in [-0.05, 0) is 24.3 Å². The predicted molar refractivity (Wildman–Crippen MR) is 84.2 cm³/mol. The standard InChI is InChI=1S/C16H17N3S/c1-3-14-9-13-10-17-16(20-2)18-15(13)19(14)11-12-7-5-4-6-8-12/h4-10H,3,11H2,1-2H3. The largest absolute Gasteiger partial charge is 0.325 e. The van der Waals surface area contributed by atoms with Gasteiger partial charge in [0.25, 0.3) is 0 Å². The topological polar surface area (TPSA) is 30.7 Å². The average Bonchev–Trinajstić information content (AvgIpc) is 2.85. The first-order chi connectivity index (χ1) is 9.81. The number of hydrogen-bond donors (Lipinski definition) is 0. The SMILES string of the molecule is CCc1cc2cnc(SC)nc2n1Cc1ccccc1. The van der Waals surface area contributed by atoms with Gasteiger partial charge in [-0.25, -0.2) is 9.97 Å². The highest BCUT2D eigenvalue weighted by atomic mass is 32.2. The van der Waals surface area contributed by atoms with E-state index in [0.29, 0.717) is 0 Å². The minimum atomic E-state index is 0.826. The van der Waals surface area contributed by atoms with Crippen molar-refractivity contribution >= 4 is 22.8 Å². The van der Waals surface area contributed by atoms with Crippen LogP contribution in [0.1, 0.15) is 18.2 Å². The highest BCUT2D eigenvalue weighted by Crippen LogP contribution is 2.21. The number of thioether (sulfide) groups is 1. The molecule has 102 valence electrons. The molecule has 3 nitrogen and oxygen atoms in total. The van der Waals surface area contributed by atoms with Crippen molar-refractivity contribution in [1.82, 2.24) is 14.5 Å². The first-order valence-corrected chi connectivity index (χ1v) is 7.97. The molecular weight excluding hydrogens is 266 g/mol. The molecule has 0 radical (unpaired) electrons. The quantitative estimate of drug-likeness (QED) is 0.539. The normalized spacial score (nSPS) is 11.1. The molecule has 0 saturated carbocycles. The van der Waals surface area contributed by atoms with Crippen LogP contribution in [0.2, 0.25) is 0 Å². The van der Waals surface area contributed by atoms with Crippen molar-refractivity contribution in [1.29, 1.82) is 0 Å². The number of rotatable bonds is 4. The molecule has 4 heteroatoms. The van der Waals surface area contributed by atoms with Crippen molar-refractivity contribution < 1.29 is 0 Å². The van der Waals surface area contributed by atoms with Gasteiger partial charge in [0.2, 0.25) is 0 Å². The van der Waals surface area contributed by atoms with E-state index in [1.54, 1.807) is 11.8 Å². The van der Waals surface area contributed by atoms with E-state index in [1.807, 2.05) is 18.5 Å². The Labute approximate surface area is 123 Å². The molecule has 0 saturated heterocycles. The van der Waals surface area contributed by atoms with Crippen LogP contribution < -0.4 is 0 Å². The maximum atomic E-state index is 4.67. The van der Waals surface area contributed by atoms with Crippen molar-refractivity contribution in [2.75, 3.05) is 6.26 Å². The van der Waals surface area contributed by atoms with Gasteiger partial charge in [-0.3, -0.25) is 0 Å². The van der Waals surface area contributed by atoms with Crippen LogP contribution in [-0.4, -0.2) is 20.8 Å². The van der Waals surface area contributed by atoms with Crippen LogP contribution in [0.4, 0.5) is 0 Å². The van der Waals surface area contributed by atoms with E-state index >= 15 is 0 Å². The second-order valence-corrected chi connectivity index (χ2v) is 5.47. The zero-order valence-corrected chi connectivity index (χ0v) is 12.5. The first kappa shape index (κ1) is 13.2. The van der Waals surface area contributed by atoms with Crippen LogP contribution in [-0.2, 0) is 13.0 Å². The molecule has 0 aliphatic rings. The fourth-order valence-electron chi connectivity index (χ4n) is 2.41. The van der Waals surface area contributed by atoms with E-state index < -0.39 is 0 Å². The van der Waals surface area contributed by atoms with Gasteiger partial charge in [0.15, 0.2) is 5.16 Å². The van der Waals surface area contributed by atoms with E-state index in [0.717, 1.165) is 29.2 Å². The Hall–Kier alpha value is -1.81. The summed E-state index contributed by atoms with van der Waals surface area (Å²) in [5, 5.41) is 1.95. The number of aromatic nitrogens is 3. The van der Waals surface area contributed by atoms with Crippen molar-refractivity contribution in [2.45, 2.75) is 25.0 Å². The van der Waals surface area contributed by atoms with Crippen LogP contribution in [0.3, 0.4) is 0 Å². The Bertz CT molecular complexity index is 719. The van der Waals surface area contributed by atoms with Gasteiger partial charge in [-0.2, -0.15) is 0 Å². The van der Waals surface area contributed by atoms with Crippen molar-refractivity contribution in [2.24, 2.45) is 0 Å². The second kappa shape index (κ2) is 5.67. The van der Waals surface area contributed by atoms with Crippen LogP contribution in [0.5, 0.6) is 0 Å². The number of hydrogen-bond acceptors (Lipinski definition) is 3. The van der Waals surface area contributed by atoms with Gasteiger partial charge in [-0.1, -0.05) is 49.0 Å². The van der Waals surface area contributed by atoms with E-state index in [2.05, 4.69) is 51.8 Å². The molecule has 1 aromatic carbocycles. The summed E-state index contributed by atoms with van der Waals surface area (Å²) in [6.45, 7) is 3.04. The summed E-state index contributed by atoms with van der Waals surface area (Å²) < 4.78 is 2.30. The van der Waals surface area contributed by atoms with Gasteiger partial charge in [0.05, 0.1) is 0 Å². The molecule has 0 aliphatic heterocycles. The molecule has 0 fully saturated rings. The molecule has 3 aromatic rings. The minimum Gasteiger partial charge on any atom is -0.325 e. The molecule has 0 unspecified atom stereocenters. The average molecular weight is 283 g/mol. The van der Waals surface area contributed by atoms with E-state index in [1.165, 1.54) is 11.3 Å². The minimum absolute atomic E-state index is 0.826. The second-order valence-electron chi connectivity index (χ2n) is 4.70. The van der Waals surface area contributed by atoms with Gasteiger partial charge in [0.1, 0.15) is 5.65 Å². The lowest BCUT2D eigenvalue weighted by Crippen LogP contribution is -2.04. The molecule has 0 atom stereocenters. The van der Waals surface area contributed by atoms with Gasteiger partial charge >= 0.3 is 0 Å². The lowest BCUT2D eigenvalue weighted by atomic mass is 10.2. The summed E-state index contributed by atoms with van der Waals surface area (Å²) >= 11 is 1.58. The molecule has 0 bridgehead atoms. The molecule has 0 amide bonds. The zero-order chi connectivity index (χ0) is 13.9. The van der Waals surface area contributed by atoms with Gasteiger partial charge < -0.3 is 4.57 Å². The summed E-state index contributed by atoms with van der Waals surface area (Å²) in [6, 6.07) is 12.7. The number of nitrogens with zero attached hydrogens (tertiary/aromatic N) is 3. The van der Waals surface area contributed by atoms with E-state index in [9.17, 15) is 0 Å². The summed E-state index contributed by atoms with van der Waals surface area (Å²) in [4.78, 5) is 9.03. The third kappa shape index (κ3) is 2.43. The highest BCUT2D eigenvalue weighted by molar-refractivity contribution is 7.98. The maximum absolute atomic E-state index is 4.67. The van der Waals surface area contributed by atoms with Crippen LogP contribution in [0, 0.1) is 0 Å². The third-order valence-electron chi connectivity index (χ3n) is 3.43. The summed E-state index contributed by atoms with van der Waals surface area (Å²) in [7, 11) is 0. The summed E-state index contributed by atoms with van der Waals surface area (Å²) in [6.07, 6.45) is 4.93. The fourth-order valence-corrected chi connectivity index (χ4v) is 2.75. The zero-order valence-electron chi connectivity index (χ0n) is 11.7. The molecule has 2 heterocycles. The van der Waals surface area contributed by atoms with Crippen molar-refractivity contribution in [3.05, 3.63) is 53.9 Å². The smallest absolute Gasteiger partial charge is 0.189 e. The number of aryl methyl sites for hydroxylation is 1. The Kier molecular flexibility index (Phi) is 3.74. The Morgan fingerprint density at radius 2 is 2.00 bits per heavy atom. The number of fused-ring (bicyclic) bond motifs is 1. The number of benzene rings is 1. The lowest BCUT2D eigenvalue weighted by molar-refractivity contribution is 0.761. The van der Waals surface area contributed by atoms with E-state index in [4.69, 9.17) is 0 Å². The molecule has 2 aromatic heterocycles. The summed E-state index contributed by atoms with van der Waals surface area (Å²) in [5.74, 6) is 0. The Balaban J connectivity index is 2.11. The monoisotopic (exact) mass is 283 g/mol. The Morgan fingerprint density at radius 1 is 1.20 bits per heavy atom. The van der Waals surface area contributed by atoms with Crippen LogP contribution >= 0.6 is 11.8 Å². The molecule has 0 N–H and O–H groups in total. The predicted octanol–water partition coefficient (Wildman–Crippen LogP) is 3.76. The summed E-state index contributed by atoms with van der Waals surface area (Å²) in [5.41, 5.74) is 3.63. The van der Waals surface area contributed by atoms with Crippen molar-refractivity contribution in [3.63, 3.8) is 0 Å². The van der Waals surface area contributed by atoms with Crippen LogP contribution in [0.25, 0.3) is 11.0 Å². The van der Waals surface area contributed by atoms with Gasteiger partial charge in [-0.15, -0.1) is 0 Å². The van der Waals surface area contributed by atoms with Gasteiger partial charge in [0, 0.05) is 23.8 Å². The fraction of sp³-hybridized carbons (Fsp3) is 0.250. The lowest BCUT2D eigenvalue weighted by Gasteiger charge is -2.09. The molecule has 0 aliphatic carbocycles. The maximum Gasteiger partial charge on any atom is 0.189 e. The Morgan fingerprint density at radius 3 is 2.70 bits per heavy atom. The third-order valence-corrected chi connectivity index (χ3v) is 3.99. The van der Waals surface area contributed by atoms with Crippen molar-refractivity contribution in [3.8, 4) is 0 Å². The molecular formula is C16H17N3S. The first-order valence-electron chi connectivity index (χ1n) is 6.75. The van der Waals surface area contributed by atoms with Crippen LogP contribution in [0.15, 0.2) is 47.8 Å².